The molecule has 0 radical (unpaired) electrons. The molecule has 4 unspecified atom stereocenters. The first-order valence-electron chi connectivity index (χ1n) is 8.12. The van der Waals surface area contributed by atoms with E-state index >= 15 is 0 Å². The SMILES string of the molecule is COc1cccc(C2CC2C(=O)NC2CCCC2(C)CO)c1. The minimum Gasteiger partial charge on any atom is -0.497 e. The van der Waals surface area contributed by atoms with E-state index in [9.17, 15) is 9.90 Å². The summed E-state index contributed by atoms with van der Waals surface area (Å²) < 4.78 is 5.25. The molecule has 4 heteroatoms. The summed E-state index contributed by atoms with van der Waals surface area (Å²) in [5.41, 5.74) is 1.02. The topological polar surface area (TPSA) is 58.6 Å². The molecular weight excluding hydrogens is 278 g/mol. The summed E-state index contributed by atoms with van der Waals surface area (Å²) in [6.45, 7) is 2.21. The van der Waals surface area contributed by atoms with Crippen LogP contribution in [0.15, 0.2) is 24.3 Å². The molecule has 0 saturated heterocycles. The molecule has 3 rings (SSSR count). The fraction of sp³-hybridized carbons (Fsp3) is 0.611. The summed E-state index contributed by atoms with van der Waals surface area (Å²) in [4.78, 5) is 12.5. The number of aliphatic hydroxyl groups is 1. The van der Waals surface area contributed by atoms with E-state index in [4.69, 9.17) is 4.74 Å². The third-order valence-corrected chi connectivity index (χ3v) is 5.41. The van der Waals surface area contributed by atoms with Crippen molar-refractivity contribution in [2.24, 2.45) is 11.3 Å². The summed E-state index contributed by atoms with van der Waals surface area (Å²) in [6, 6.07) is 8.09. The van der Waals surface area contributed by atoms with Crippen molar-refractivity contribution in [1.82, 2.24) is 5.32 Å². The number of ether oxygens (including phenoxy) is 1. The Bertz CT molecular complexity index is 559. The molecule has 4 nitrogen and oxygen atoms in total. The molecule has 1 aromatic carbocycles. The molecule has 2 aliphatic carbocycles. The zero-order valence-electron chi connectivity index (χ0n) is 13.3. The lowest BCUT2D eigenvalue weighted by Crippen LogP contribution is -2.45. The van der Waals surface area contributed by atoms with Crippen LogP contribution in [0.25, 0.3) is 0 Å². The highest BCUT2D eigenvalue weighted by atomic mass is 16.5. The minimum absolute atomic E-state index is 0.0654. The van der Waals surface area contributed by atoms with E-state index < -0.39 is 0 Å². The molecule has 2 aliphatic rings. The molecule has 1 amide bonds. The number of hydrogen-bond acceptors (Lipinski definition) is 3. The van der Waals surface area contributed by atoms with E-state index in [0.717, 1.165) is 31.4 Å². The van der Waals surface area contributed by atoms with Crippen molar-refractivity contribution in [3.63, 3.8) is 0 Å². The first kappa shape index (κ1) is 15.3. The van der Waals surface area contributed by atoms with Crippen molar-refractivity contribution in [3.8, 4) is 5.75 Å². The molecular formula is C18H25NO3. The minimum atomic E-state index is -0.157. The number of benzene rings is 1. The number of carbonyl (C=O) groups is 1. The molecule has 0 heterocycles. The van der Waals surface area contributed by atoms with E-state index in [0.29, 0.717) is 5.92 Å². The van der Waals surface area contributed by atoms with Crippen molar-refractivity contribution in [2.75, 3.05) is 13.7 Å². The molecule has 22 heavy (non-hydrogen) atoms. The molecule has 2 N–H and O–H groups in total. The maximum atomic E-state index is 12.5. The van der Waals surface area contributed by atoms with Gasteiger partial charge in [-0.3, -0.25) is 4.79 Å². The lowest BCUT2D eigenvalue weighted by molar-refractivity contribution is -0.124. The van der Waals surface area contributed by atoms with Gasteiger partial charge in [0, 0.05) is 17.4 Å². The molecule has 4 atom stereocenters. The molecule has 0 spiro atoms. The second-order valence-corrected chi connectivity index (χ2v) is 6.99. The quantitative estimate of drug-likeness (QED) is 0.878. The lowest BCUT2D eigenvalue weighted by Gasteiger charge is -2.30. The molecule has 0 bridgehead atoms. The Kier molecular flexibility index (Phi) is 4.13. The maximum Gasteiger partial charge on any atom is 0.223 e. The average molecular weight is 303 g/mol. The summed E-state index contributed by atoms with van der Waals surface area (Å²) in [5, 5.41) is 12.8. The Balaban J connectivity index is 1.61. The second kappa shape index (κ2) is 5.92. The fourth-order valence-corrected chi connectivity index (χ4v) is 3.67. The fourth-order valence-electron chi connectivity index (χ4n) is 3.67. The van der Waals surface area contributed by atoms with Crippen molar-refractivity contribution < 1.29 is 14.6 Å². The predicted molar refractivity (Wildman–Crippen MR) is 84.8 cm³/mol. The van der Waals surface area contributed by atoms with Crippen LogP contribution >= 0.6 is 0 Å². The van der Waals surface area contributed by atoms with Crippen LogP contribution in [0.3, 0.4) is 0 Å². The smallest absolute Gasteiger partial charge is 0.223 e. The highest BCUT2D eigenvalue weighted by molar-refractivity contribution is 5.83. The van der Waals surface area contributed by atoms with Crippen molar-refractivity contribution >= 4 is 5.91 Å². The van der Waals surface area contributed by atoms with Gasteiger partial charge in [0.25, 0.3) is 0 Å². The molecule has 2 fully saturated rings. The molecule has 0 aliphatic heterocycles. The summed E-state index contributed by atoms with van der Waals surface area (Å²) in [5.74, 6) is 1.35. The van der Waals surface area contributed by atoms with Crippen LogP contribution in [0.1, 0.15) is 44.1 Å². The van der Waals surface area contributed by atoms with Gasteiger partial charge in [0.1, 0.15) is 5.75 Å². The zero-order chi connectivity index (χ0) is 15.7. The molecule has 120 valence electrons. The molecule has 0 aromatic heterocycles. The number of nitrogens with one attached hydrogen (secondary N) is 1. The van der Waals surface area contributed by atoms with Crippen molar-refractivity contribution in [2.45, 2.75) is 44.6 Å². The Morgan fingerprint density at radius 2 is 2.32 bits per heavy atom. The first-order valence-corrected chi connectivity index (χ1v) is 8.12. The van der Waals surface area contributed by atoms with Gasteiger partial charge in [-0.25, -0.2) is 0 Å². The van der Waals surface area contributed by atoms with Gasteiger partial charge in [-0.05, 0) is 42.9 Å². The maximum absolute atomic E-state index is 12.5. The number of carbonyl (C=O) groups excluding carboxylic acids is 1. The largest absolute Gasteiger partial charge is 0.497 e. The van der Waals surface area contributed by atoms with Crippen molar-refractivity contribution in [3.05, 3.63) is 29.8 Å². The molecule has 2 saturated carbocycles. The highest BCUT2D eigenvalue weighted by Gasteiger charge is 2.47. The van der Waals surface area contributed by atoms with Crippen LogP contribution in [0.2, 0.25) is 0 Å². The number of amides is 1. The van der Waals surface area contributed by atoms with Crippen LogP contribution < -0.4 is 10.1 Å². The standard InChI is InChI=1S/C18H25NO3/c1-18(11-20)8-4-7-16(18)19-17(21)15-10-14(15)12-5-3-6-13(9-12)22-2/h3,5-6,9,14-16,20H,4,7-8,10-11H2,1-2H3,(H,19,21). The van der Waals surface area contributed by atoms with Gasteiger partial charge in [-0.1, -0.05) is 25.5 Å². The monoisotopic (exact) mass is 303 g/mol. The van der Waals surface area contributed by atoms with Gasteiger partial charge < -0.3 is 15.2 Å². The number of aliphatic hydroxyl groups excluding tert-OH is 1. The van der Waals surface area contributed by atoms with E-state index in [2.05, 4.69) is 18.3 Å². The van der Waals surface area contributed by atoms with Gasteiger partial charge in [0.2, 0.25) is 5.91 Å². The summed E-state index contributed by atoms with van der Waals surface area (Å²) >= 11 is 0. The Hall–Kier alpha value is -1.55. The van der Waals surface area contributed by atoms with Crippen LogP contribution in [-0.2, 0) is 4.79 Å². The Morgan fingerprint density at radius 1 is 1.50 bits per heavy atom. The van der Waals surface area contributed by atoms with Gasteiger partial charge in [-0.2, -0.15) is 0 Å². The molecule has 1 aromatic rings. The number of rotatable bonds is 5. The number of hydrogen-bond donors (Lipinski definition) is 2. The average Bonchev–Trinajstić information content (AvgIpc) is 3.27. The van der Waals surface area contributed by atoms with Crippen LogP contribution in [0.5, 0.6) is 5.75 Å². The third-order valence-electron chi connectivity index (χ3n) is 5.41. The van der Waals surface area contributed by atoms with Gasteiger partial charge in [0.15, 0.2) is 0 Å². The van der Waals surface area contributed by atoms with E-state index in [-0.39, 0.29) is 29.9 Å². The van der Waals surface area contributed by atoms with Gasteiger partial charge in [-0.15, -0.1) is 0 Å². The second-order valence-electron chi connectivity index (χ2n) is 6.99. The van der Waals surface area contributed by atoms with E-state index in [1.807, 2.05) is 18.2 Å². The highest BCUT2D eigenvalue weighted by Crippen LogP contribution is 2.48. The normalized spacial score (nSPS) is 33.5. The Labute approximate surface area is 131 Å². The van der Waals surface area contributed by atoms with E-state index in [1.165, 1.54) is 5.56 Å². The van der Waals surface area contributed by atoms with Crippen molar-refractivity contribution in [1.29, 1.82) is 0 Å². The Morgan fingerprint density at radius 3 is 3.05 bits per heavy atom. The summed E-state index contributed by atoms with van der Waals surface area (Å²) in [6.07, 6.45) is 3.94. The third kappa shape index (κ3) is 2.84. The first-order chi connectivity index (χ1) is 10.6. The lowest BCUT2D eigenvalue weighted by atomic mass is 9.85. The van der Waals surface area contributed by atoms with E-state index in [1.54, 1.807) is 7.11 Å². The summed E-state index contributed by atoms with van der Waals surface area (Å²) in [7, 11) is 1.66. The number of methoxy groups -OCH3 is 1. The zero-order valence-corrected chi connectivity index (χ0v) is 13.3. The van der Waals surface area contributed by atoms with Crippen LogP contribution in [0, 0.1) is 11.3 Å². The van der Waals surface area contributed by atoms with Gasteiger partial charge in [0.05, 0.1) is 13.7 Å². The van der Waals surface area contributed by atoms with Crippen LogP contribution in [-0.4, -0.2) is 30.8 Å². The van der Waals surface area contributed by atoms with Gasteiger partial charge >= 0.3 is 0 Å². The predicted octanol–water partition coefficient (Wildman–Crippen LogP) is 2.47. The van der Waals surface area contributed by atoms with Crippen LogP contribution in [0.4, 0.5) is 0 Å².